The number of aliphatic hydroxyl groups excluding tert-OH is 1. The smallest absolute Gasteiger partial charge is 0.133 e. The highest BCUT2D eigenvalue weighted by atomic mass is 35.5. The van der Waals surface area contributed by atoms with E-state index in [2.05, 4.69) is 0 Å². The molecule has 0 aliphatic heterocycles. The van der Waals surface area contributed by atoms with Crippen molar-refractivity contribution in [1.29, 1.82) is 0 Å². The molecule has 0 saturated carbocycles. The minimum atomic E-state index is -0.803. The van der Waals surface area contributed by atoms with E-state index in [0.717, 1.165) is 0 Å². The number of benzene rings is 2. The third-order valence-electron chi connectivity index (χ3n) is 2.46. The summed E-state index contributed by atoms with van der Waals surface area (Å²) < 4.78 is 18.7. The molecule has 0 spiro atoms. The predicted octanol–water partition coefficient (Wildman–Crippen LogP) is 4.32. The van der Waals surface area contributed by atoms with Crippen molar-refractivity contribution in [3.8, 4) is 11.5 Å². The van der Waals surface area contributed by atoms with Gasteiger partial charge in [0, 0.05) is 10.6 Å². The van der Waals surface area contributed by atoms with Crippen molar-refractivity contribution in [3.05, 3.63) is 58.9 Å². The van der Waals surface area contributed by atoms with Crippen LogP contribution >= 0.6 is 11.6 Å². The fraction of sp³-hybridized carbons (Fsp3) is 0.143. The summed E-state index contributed by atoms with van der Waals surface area (Å²) in [5.41, 5.74) is 0.407. The number of ether oxygens (including phenoxy) is 1. The summed E-state index contributed by atoms with van der Waals surface area (Å²) in [5.74, 6) is 0.594. The second kappa shape index (κ2) is 5.38. The summed E-state index contributed by atoms with van der Waals surface area (Å²) in [6, 6.07) is 10.8. The lowest BCUT2D eigenvalue weighted by atomic mass is 10.1. The lowest BCUT2D eigenvalue weighted by molar-refractivity contribution is 0.195. The van der Waals surface area contributed by atoms with Gasteiger partial charge in [-0.25, -0.2) is 4.39 Å². The average Bonchev–Trinajstić information content (AvgIpc) is 2.34. The second-order valence-corrected chi connectivity index (χ2v) is 4.35. The van der Waals surface area contributed by atoms with Gasteiger partial charge in [0.15, 0.2) is 0 Å². The van der Waals surface area contributed by atoms with Gasteiger partial charge >= 0.3 is 0 Å². The van der Waals surface area contributed by atoms with E-state index in [0.29, 0.717) is 22.1 Å². The Kier molecular flexibility index (Phi) is 3.84. The van der Waals surface area contributed by atoms with Crippen LogP contribution in [0.5, 0.6) is 11.5 Å². The number of hydrogen-bond donors (Lipinski definition) is 1. The van der Waals surface area contributed by atoms with Gasteiger partial charge in [-0.3, -0.25) is 0 Å². The summed E-state index contributed by atoms with van der Waals surface area (Å²) in [6.45, 7) is 1.56. The van der Waals surface area contributed by atoms with Gasteiger partial charge in [-0.1, -0.05) is 11.6 Å². The Bertz CT molecular complexity index is 538. The molecule has 0 aliphatic rings. The molecule has 18 heavy (non-hydrogen) atoms. The normalized spacial score (nSPS) is 12.2. The highest BCUT2D eigenvalue weighted by molar-refractivity contribution is 6.30. The zero-order valence-electron chi connectivity index (χ0n) is 9.73. The van der Waals surface area contributed by atoms with Gasteiger partial charge in [0.25, 0.3) is 0 Å². The third-order valence-corrected chi connectivity index (χ3v) is 2.72. The van der Waals surface area contributed by atoms with E-state index >= 15 is 0 Å². The standard InChI is InChI=1S/C14H12ClFO2/c1-9(17)13-8-11(16)4-7-14(13)18-12-5-2-10(15)3-6-12/h2-9,17H,1H3/t9-/m0/s1. The molecule has 1 atom stereocenters. The summed E-state index contributed by atoms with van der Waals surface area (Å²) in [5, 5.41) is 10.2. The van der Waals surface area contributed by atoms with Crippen molar-refractivity contribution in [1.82, 2.24) is 0 Å². The molecule has 0 amide bonds. The van der Waals surface area contributed by atoms with E-state index in [-0.39, 0.29) is 0 Å². The van der Waals surface area contributed by atoms with Crippen molar-refractivity contribution in [3.63, 3.8) is 0 Å². The largest absolute Gasteiger partial charge is 0.457 e. The monoisotopic (exact) mass is 266 g/mol. The van der Waals surface area contributed by atoms with Gasteiger partial charge in [-0.15, -0.1) is 0 Å². The SMILES string of the molecule is C[C@H](O)c1cc(F)ccc1Oc1ccc(Cl)cc1. The number of rotatable bonds is 3. The maximum absolute atomic E-state index is 13.1. The van der Waals surface area contributed by atoms with Gasteiger partial charge in [-0.2, -0.15) is 0 Å². The van der Waals surface area contributed by atoms with Crippen LogP contribution in [0.2, 0.25) is 5.02 Å². The fourth-order valence-corrected chi connectivity index (χ4v) is 1.69. The summed E-state index contributed by atoms with van der Waals surface area (Å²) in [7, 11) is 0. The molecule has 94 valence electrons. The van der Waals surface area contributed by atoms with Crippen molar-refractivity contribution in [2.24, 2.45) is 0 Å². The second-order valence-electron chi connectivity index (χ2n) is 3.91. The quantitative estimate of drug-likeness (QED) is 0.896. The minimum absolute atomic E-state index is 0.407. The topological polar surface area (TPSA) is 29.5 Å². The van der Waals surface area contributed by atoms with Crippen molar-refractivity contribution in [2.45, 2.75) is 13.0 Å². The molecule has 0 aromatic heterocycles. The maximum Gasteiger partial charge on any atom is 0.133 e. The molecule has 1 N–H and O–H groups in total. The van der Waals surface area contributed by atoms with Crippen LogP contribution in [0, 0.1) is 5.82 Å². The van der Waals surface area contributed by atoms with Crippen molar-refractivity contribution in [2.75, 3.05) is 0 Å². The number of aliphatic hydroxyl groups is 1. The highest BCUT2D eigenvalue weighted by Crippen LogP contribution is 2.30. The lowest BCUT2D eigenvalue weighted by Gasteiger charge is -2.13. The molecule has 0 radical (unpaired) electrons. The molecule has 0 fully saturated rings. The molecule has 2 aromatic carbocycles. The molecule has 2 nitrogen and oxygen atoms in total. The van der Waals surface area contributed by atoms with Crippen LogP contribution in [0.15, 0.2) is 42.5 Å². The van der Waals surface area contributed by atoms with Gasteiger partial charge in [0.2, 0.25) is 0 Å². The van der Waals surface area contributed by atoms with E-state index in [1.54, 1.807) is 31.2 Å². The van der Waals surface area contributed by atoms with Crippen LogP contribution in [-0.4, -0.2) is 5.11 Å². The third kappa shape index (κ3) is 3.00. The molecular formula is C14H12ClFO2. The van der Waals surface area contributed by atoms with Crippen LogP contribution in [0.25, 0.3) is 0 Å². The van der Waals surface area contributed by atoms with Crippen molar-refractivity contribution >= 4 is 11.6 Å². The first kappa shape index (κ1) is 12.9. The summed E-state index contributed by atoms with van der Waals surface area (Å²) in [6.07, 6.45) is -0.803. The molecule has 0 bridgehead atoms. The van der Waals surface area contributed by atoms with E-state index in [9.17, 15) is 9.50 Å². The molecule has 0 aliphatic carbocycles. The first-order valence-electron chi connectivity index (χ1n) is 5.47. The van der Waals surface area contributed by atoms with Crippen LogP contribution in [0.4, 0.5) is 4.39 Å². The van der Waals surface area contributed by atoms with Crippen molar-refractivity contribution < 1.29 is 14.2 Å². The Hall–Kier alpha value is -1.58. The van der Waals surface area contributed by atoms with Crippen LogP contribution in [-0.2, 0) is 0 Å². The Balaban J connectivity index is 2.31. The van der Waals surface area contributed by atoms with E-state index in [1.165, 1.54) is 18.2 Å². The fourth-order valence-electron chi connectivity index (χ4n) is 1.57. The molecule has 2 aromatic rings. The van der Waals surface area contributed by atoms with Crippen LogP contribution in [0.3, 0.4) is 0 Å². The predicted molar refractivity (Wildman–Crippen MR) is 68.6 cm³/mol. The minimum Gasteiger partial charge on any atom is -0.457 e. The number of hydrogen-bond acceptors (Lipinski definition) is 2. The molecule has 4 heteroatoms. The van der Waals surface area contributed by atoms with Gasteiger partial charge in [-0.05, 0) is 49.4 Å². The number of halogens is 2. The lowest BCUT2D eigenvalue weighted by Crippen LogP contribution is -1.97. The van der Waals surface area contributed by atoms with E-state index < -0.39 is 11.9 Å². The Labute approximate surface area is 110 Å². The van der Waals surface area contributed by atoms with Crippen LogP contribution < -0.4 is 4.74 Å². The first-order chi connectivity index (χ1) is 8.56. The van der Waals surface area contributed by atoms with Crippen LogP contribution in [0.1, 0.15) is 18.6 Å². The zero-order valence-corrected chi connectivity index (χ0v) is 10.5. The molecule has 2 rings (SSSR count). The molecular weight excluding hydrogens is 255 g/mol. The molecule has 0 heterocycles. The zero-order chi connectivity index (χ0) is 13.1. The summed E-state index contributed by atoms with van der Waals surface area (Å²) >= 11 is 5.77. The first-order valence-corrected chi connectivity index (χ1v) is 5.85. The van der Waals surface area contributed by atoms with E-state index in [4.69, 9.17) is 16.3 Å². The van der Waals surface area contributed by atoms with Gasteiger partial charge in [0.1, 0.15) is 17.3 Å². The maximum atomic E-state index is 13.1. The average molecular weight is 267 g/mol. The Morgan fingerprint density at radius 2 is 1.83 bits per heavy atom. The molecule has 0 unspecified atom stereocenters. The van der Waals surface area contributed by atoms with E-state index in [1.807, 2.05) is 0 Å². The Morgan fingerprint density at radius 1 is 1.17 bits per heavy atom. The van der Waals surface area contributed by atoms with Gasteiger partial charge < -0.3 is 9.84 Å². The Morgan fingerprint density at radius 3 is 2.44 bits per heavy atom. The highest BCUT2D eigenvalue weighted by Gasteiger charge is 2.11. The van der Waals surface area contributed by atoms with Gasteiger partial charge in [0.05, 0.1) is 6.10 Å². The molecule has 0 saturated heterocycles. The summed E-state index contributed by atoms with van der Waals surface area (Å²) in [4.78, 5) is 0.